The first kappa shape index (κ1) is 7.44. The summed E-state index contributed by atoms with van der Waals surface area (Å²) in [6, 6.07) is 4.20. The Labute approximate surface area is 82.0 Å². The molecule has 3 rings (SSSR count). The molecule has 1 radical (unpaired) electrons. The van der Waals surface area contributed by atoms with Gasteiger partial charge in [-0.1, -0.05) is 18.2 Å². The molecule has 0 bridgehead atoms. The molecule has 0 amide bonds. The molecule has 2 heteroatoms. The van der Waals surface area contributed by atoms with Crippen molar-refractivity contribution in [2.24, 2.45) is 0 Å². The van der Waals surface area contributed by atoms with E-state index in [1.165, 1.54) is 21.7 Å². The Bertz CT molecular complexity index is 550. The summed E-state index contributed by atoms with van der Waals surface area (Å²) in [5.74, 6) is 0. The highest BCUT2D eigenvalue weighted by Gasteiger charge is 2.05. The van der Waals surface area contributed by atoms with Gasteiger partial charge in [0, 0.05) is 29.4 Å². The smallest absolute Gasteiger partial charge is 0.0534 e. The third-order valence-corrected chi connectivity index (χ3v) is 2.45. The number of benzene rings is 1. The number of rotatable bonds is 0. The number of hydrogen-bond donors (Lipinski definition) is 1. The Morgan fingerprint density at radius 1 is 1.14 bits per heavy atom. The van der Waals surface area contributed by atoms with Gasteiger partial charge in [0.25, 0.3) is 0 Å². The van der Waals surface area contributed by atoms with Crippen LogP contribution in [-0.2, 0) is 0 Å². The molecule has 2 aliphatic rings. The molecular weight excluding hydrogens is 172 g/mol. The van der Waals surface area contributed by atoms with Gasteiger partial charge in [0.05, 0.1) is 5.69 Å². The average molecular weight is 181 g/mol. The Morgan fingerprint density at radius 3 is 3.07 bits per heavy atom. The molecule has 0 unspecified atom stereocenters. The van der Waals surface area contributed by atoms with E-state index in [0.717, 1.165) is 0 Å². The zero-order valence-corrected chi connectivity index (χ0v) is 7.57. The lowest BCUT2D eigenvalue weighted by Gasteiger charge is -2.12. The second-order valence-electron chi connectivity index (χ2n) is 3.30. The molecule has 2 aliphatic heterocycles. The normalized spacial score (nSPS) is 15.4. The van der Waals surface area contributed by atoms with Gasteiger partial charge in [-0.3, -0.25) is 5.32 Å². The van der Waals surface area contributed by atoms with Crippen molar-refractivity contribution >= 4 is 24.0 Å². The van der Waals surface area contributed by atoms with Crippen LogP contribution >= 0.6 is 0 Å². The van der Waals surface area contributed by atoms with Crippen LogP contribution in [0.15, 0.2) is 30.6 Å². The van der Waals surface area contributed by atoms with Gasteiger partial charge in [-0.2, -0.15) is 0 Å². The van der Waals surface area contributed by atoms with Gasteiger partial charge in [0.1, 0.15) is 0 Å². The van der Waals surface area contributed by atoms with Crippen molar-refractivity contribution in [3.8, 4) is 0 Å². The van der Waals surface area contributed by atoms with E-state index in [9.17, 15) is 0 Å². The average Bonchev–Trinajstić information content (AvgIpc) is 2.29. The lowest BCUT2D eigenvalue weighted by atomic mass is 10.1. The van der Waals surface area contributed by atoms with E-state index in [4.69, 9.17) is 0 Å². The Morgan fingerprint density at radius 2 is 2.07 bits per heavy atom. The van der Waals surface area contributed by atoms with Crippen LogP contribution in [0.1, 0.15) is 5.56 Å². The van der Waals surface area contributed by atoms with Crippen LogP contribution in [0.4, 0.5) is 5.69 Å². The summed E-state index contributed by atoms with van der Waals surface area (Å²) in [6.07, 6.45) is 11.8. The summed E-state index contributed by atoms with van der Waals surface area (Å²) in [6.45, 7) is 0. The lowest BCUT2D eigenvalue weighted by Crippen LogP contribution is -2.21. The van der Waals surface area contributed by atoms with Crippen molar-refractivity contribution in [3.05, 3.63) is 46.6 Å². The summed E-state index contributed by atoms with van der Waals surface area (Å²) >= 11 is 0. The molecule has 2 heterocycles. The second-order valence-corrected chi connectivity index (χ2v) is 3.30. The summed E-state index contributed by atoms with van der Waals surface area (Å²) in [5, 5.41) is 9.77. The van der Waals surface area contributed by atoms with E-state index in [0.29, 0.717) is 0 Å². The van der Waals surface area contributed by atoms with Crippen LogP contribution in [0.3, 0.4) is 0 Å². The Balaban J connectivity index is 2.42. The summed E-state index contributed by atoms with van der Waals surface area (Å²) in [7, 11) is 0. The maximum absolute atomic E-state index is 4.11. The minimum Gasteiger partial charge on any atom is -0.361 e. The number of anilines is 1. The van der Waals surface area contributed by atoms with Gasteiger partial charge in [0.15, 0.2) is 0 Å². The first-order valence-electron chi connectivity index (χ1n) is 4.58. The van der Waals surface area contributed by atoms with E-state index in [1.54, 1.807) is 0 Å². The van der Waals surface area contributed by atoms with Crippen LogP contribution < -0.4 is 21.1 Å². The van der Waals surface area contributed by atoms with Crippen LogP contribution in [0.25, 0.3) is 18.4 Å². The number of nitrogens with one attached hydrogen (secondary N) is 1. The van der Waals surface area contributed by atoms with Crippen molar-refractivity contribution in [3.63, 3.8) is 0 Å². The molecule has 0 aromatic heterocycles. The summed E-state index contributed by atoms with van der Waals surface area (Å²) < 4.78 is 0. The van der Waals surface area contributed by atoms with Crippen molar-refractivity contribution in [2.75, 3.05) is 5.32 Å². The Hall–Kier alpha value is -1.96. The third-order valence-electron chi connectivity index (χ3n) is 2.45. The molecule has 1 N–H and O–H groups in total. The van der Waals surface area contributed by atoms with E-state index >= 15 is 0 Å². The zero-order valence-electron chi connectivity index (χ0n) is 7.57. The van der Waals surface area contributed by atoms with E-state index in [2.05, 4.69) is 28.8 Å². The highest BCUT2D eigenvalue weighted by Crippen LogP contribution is 2.11. The largest absolute Gasteiger partial charge is 0.361 e. The van der Waals surface area contributed by atoms with Crippen molar-refractivity contribution in [1.82, 2.24) is 5.32 Å². The van der Waals surface area contributed by atoms with Crippen molar-refractivity contribution in [2.45, 2.75) is 0 Å². The quantitative estimate of drug-likeness (QED) is 0.627. The molecule has 67 valence electrons. The predicted molar refractivity (Wildman–Crippen MR) is 58.6 cm³/mol. The monoisotopic (exact) mass is 181 g/mol. The molecule has 2 nitrogen and oxygen atoms in total. The number of hydrogen-bond acceptors (Lipinski definition) is 1. The highest BCUT2D eigenvalue weighted by molar-refractivity contribution is 5.74. The van der Waals surface area contributed by atoms with Crippen LogP contribution in [0.5, 0.6) is 0 Å². The molecule has 14 heavy (non-hydrogen) atoms. The first-order chi connectivity index (χ1) is 6.95. The maximum atomic E-state index is 4.11. The molecule has 0 aliphatic carbocycles. The van der Waals surface area contributed by atoms with E-state index < -0.39 is 0 Å². The van der Waals surface area contributed by atoms with Crippen molar-refractivity contribution in [1.29, 1.82) is 0 Å². The fourth-order valence-corrected chi connectivity index (χ4v) is 1.77. The third kappa shape index (κ3) is 0.973. The van der Waals surface area contributed by atoms with Gasteiger partial charge in [-0.15, -0.1) is 0 Å². The number of nitrogens with zero attached hydrogens (tertiary/aromatic N) is 1. The van der Waals surface area contributed by atoms with E-state index in [-0.39, 0.29) is 0 Å². The molecule has 0 saturated carbocycles. The van der Waals surface area contributed by atoms with Gasteiger partial charge in [-0.05, 0) is 17.4 Å². The minimum atomic E-state index is 1.17. The second kappa shape index (κ2) is 2.77. The Kier molecular flexibility index (Phi) is 1.47. The molecule has 0 spiro atoms. The van der Waals surface area contributed by atoms with Crippen LogP contribution in [0.2, 0.25) is 0 Å². The van der Waals surface area contributed by atoms with Gasteiger partial charge >= 0.3 is 0 Å². The standard InChI is InChI=1S/C12H9N2/c1-2-9-3-4-10-8-13-7-5-11(10)12(9)14-6-1/h1-8,14H. The van der Waals surface area contributed by atoms with Gasteiger partial charge in [0.2, 0.25) is 0 Å². The predicted octanol–water partition coefficient (Wildman–Crippen LogP) is 0.733. The summed E-state index contributed by atoms with van der Waals surface area (Å²) in [5.41, 5.74) is 2.39. The van der Waals surface area contributed by atoms with E-state index in [1.807, 2.05) is 30.8 Å². The molecular formula is C12H9N2. The van der Waals surface area contributed by atoms with Crippen molar-refractivity contribution < 1.29 is 0 Å². The summed E-state index contributed by atoms with van der Waals surface area (Å²) in [4.78, 5) is 0. The molecule has 0 saturated heterocycles. The van der Waals surface area contributed by atoms with Crippen LogP contribution in [0, 0.1) is 0 Å². The highest BCUT2D eigenvalue weighted by atomic mass is 14.9. The molecule has 0 fully saturated rings. The van der Waals surface area contributed by atoms with Gasteiger partial charge in [-0.25, -0.2) is 0 Å². The molecule has 0 atom stereocenters. The molecule has 1 aromatic rings. The zero-order chi connectivity index (χ0) is 9.38. The van der Waals surface area contributed by atoms with Crippen LogP contribution in [-0.4, -0.2) is 0 Å². The SMILES string of the molecule is C1=CNc2c3c(ccc2=C1)=C[N]C=C3. The fraction of sp³-hybridized carbons (Fsp3) is 0. The fourth-order valence-electron chi connectivity index (χ4n) is 1.77. The topological polar surface area (TPSA) is 26.1 Å². The maximum Gasteiger partial charge on any atom is 0.0534 e. The van der Waals surface area contributed by atoms with Gasteiger partial charge < -0.3 is 5.32 Å². The number of allylic oxidation sites excluding steroid dienone is 1. The minimum absolute atomic E-state index is 1.17. The first-order valence-corrected chi connectivity index (χ1v) is 4.58. The molecule has 1 aromatic carbocycles. The number of fused-ring (bicyclic) bond motifs is 3. The lowest BCUT2D eigenvalue weighted by molar-refractivity contribution is 1.23.